The highest BCUT2D eigenvalue weighted by molar-refractivity contribution is 7.13. The smallest absolute Gasteiger partial charge is 0.307 e. The van der Waals surface area contributed by atoms with Crippen molar-refractivity contribution in [3.8, 4) is 0 Å². The van der Waals surface area contributed by atoms with Gasteiger partial charge in [-0.25, -0.2) is 0 Å². The molecule has 0 aliphatic heterocycles. The third kappa shape index (κ3) is 2.88. The van der Waals surface area contributed by atoms with Gasteiger partial charge in [-0.3, -0.25) is 14.6 Å². The number of aromatic nitrogens is 1. The van der Waals surface area contributed by atoms with Gasteiger partial charge < -0.3 is 10.4 Å². The predicted octanol–water partition coefficient (Wildman–Crippen LogP) is 2.32. The van der Waals surface area contributed by atoms with Crippen LogP contribution in [0, 0.1) is 11.8 Å². The van der Waals surface area contributed by atoms with E-state index < -0.39 is 17.8 Å². The molecule has 0 aromatic carbocycles. The van der Waals surface area contributed by atoms with Crippen LogP contribution in [0.4, 0.5) is 5.00 Å². The van der Waals surface area contributed by atoms with Crippen molar-refractivity contribution in [2.75, 3.05) is 5.32 Å². The van der Waals surface area contributed by atoms with Crippen LogP contribution in [0.1, 0.15) is 12.8 Å². The summed E-state index contributed by atoms with van der Waals surface area (Å²) in [4.78, 5) is 27.0. The van der Waals surface area contributed by atoms with E-state index in [2.05, 4.69) is 10.3 Å². The molecule has 2 rings (SSSR count). The highest BCUT2D eigenvalue weighted by Crippen LogP contribution is 2.33. The van der Waals surface area contributed by atoms with E-state index in [1.807, 2.05) is 0 Å². The highest BCUT2D eigenvalue weighted by atomic mass is 35.5. The molecule has 1 amide bonds. The predicted molar refractivity (Wildman–Crippen MR) is 68.5 cm³/mol. The Morgan fingerprint density at radius 3 is 2.89 bits per heavy atom. The first-order valence-electron chi connectivity index (χ1n) is 5.34. The van der Waals surface area contributed by atoms with Crippen molar-refractivity contribution < 1.29 is 14.7 Å². The van der Waals surface area contributed by atoms with E-state index in [0.29, 0.717) is 10.0 Å². The monoisotopic (exact) mass is 286 g/mol. The van der Waals surface area contributed by atoms with Crippen LogP contribution in [-0.4, -0.2) is 22.0 Å². The summed E-state index contributed by atoms with van der Waals surface area (Å²) in [5, 5.41) is 12.9. The number of nitrogens with zero attached hydrogens (tertiary/aromatic N) is 1. The molecule has 0 saturated carbocycles. The molecule has 1 aromatic rings. The maximum atomic E-state index is 12.0. The van der Waals surface area contributed by atoms with Crippen molar-refractivity contribution in [1.82, 2.24) is 4.98 Å². The minimum atomic E-state index is -0.972. The summed E-state index contributed by atoms with van der Waals surface area (Å²) < 4.78 is 0. The number of carboxylic acid groups (broad SMARTS) is 1. The number of halogens is 1. The van der Waals surface area contributed by atoms with Gasteiger partial charge in [-0.15, -0.1) is 11.3 Å². The largest absolute Gasteiger partial charge is 0.481 e. The number of thiazole rings is 1. The van der Waals surface area contributed by atoms with Gasteiger partial charge in [0.25, 0.3) is 0 Å². The SMILES string of the molecule is O=C(O)C1CC=C(Cl)CC1C(=O)Nc1cncs1. The molecule has 96 valence electrons. The van der Waals surface area contributed by atoms with Gasteiger partial charge in [0.1, 0.15) is 5.00 Å². The molecule has 2 atom stereocenters. The Labute approximate surface area is 112 Å². The molecule has 1 aliphatic rings. The Balaban J connectivity index is 2.11. The third-order valence-electron chi connectivity index (χ3n) is 2.83. The molecule has 7 heteroatoms. The molecule has 2 N–H and O–H groups in total. The second-order valence-electron chi connectivity index (χ2n) is 4.00. The van der Waals surface area contributed by atoms with Crippen LogP contribution < -0.4 is 5.32 Å². The van der Waals surface area contributed by atoms with Crippen LogP contribution in [0.2, 0.25) is 0 Å². The first-order chi connectivity index (χ1) is 8.58. The number of carbonyl (C=O) groups excluding carboxylic acids is 1. The summed E-state index contributed by atoms with van der Waals surface area (Å²) in [5.74, 6) is -2.65. The van der Waals surface area contributed by atoms with E-state index >= 15 is 0 Å². The molecule has 0 fully saturated rings. The van der Waals surface area contributed by atoms with E-state index in [9.17, 15) is 9.59 Å². The molecular formula is C11H11ClN2O3S. The zero-order valence-electron chi connectivity index (χ0n) is 9.30. The van der Waals surface area contributed by atoms with Gasteiger partial charge in [0.15, 0.2) is 0 Å². The maximum absolute atomic E-state index is 12.0. The zero-order chi connectivity index (χ0) is 13.1. The van der Waals surface area contributed by atoms with Crippen molar-refractivity contribution in [3.63, 3.8) is 0 Å². The first-order valence-corrected chi connectivity index (χ1v) is 6.60. The molecule has 5 nitrogen and oxygen atoms in total. The third-order valence-corrected chi connectivity index (χ3v) is 3.82. The minimum Gasteiger partial charge on any atom is -0.481 e. The van der Waals surface area contributed by atoms with Gasteiger partial charge in [-0.1, -0.05) is 17.7 Å². The number of hydrogen-bond donors (Lipinski definition) is 2. The Bertz CT molecular complexity index is 486. The molecule has 0 saturated heterocycles. The summed E-state index contributed by atoms with van der Waals surface area (Å²) in [6.07, 6.45) is 3.74. The fourth-order valence-corrected chi connectivity index (χ4v) is 2.67. The van der Waals surface area contributed by atoms with Crippen LogP contribution >= 0.6 is 22.9 Å². The molecule has 1 heterocycles. The summed E-state index contributed by atoms with van der Waals surface area (Å²) in [7, 11) is 0. The number of carboxylic acids is 1. The van der Waals surface area contributed by atoms with E-state index in [0.717, 1.165) is 0 Å². The van der Waals surface area contributed by atoms with Gasteiger partial charge in [0.05, 0.1) is 23.5 Å². The van der Waals surface area contributed by atoms with Crippen LogP contribution in [-0.2, 0) is 9.59 Å². The van der Waals surface area contributed by atoms with Crippen molar-refractivity contribution in [2.45, 2.75) is 12.8 Å². The number of aliphatic carboxylic acids is 1. The van der Waals surface area contributed by atoms with Crippen LogP contribution in [0.3, 0.4) is 0 Å². The van der Waals surface area contributed by atoms with Crippen molar-refractivity contribution in [1.29, 1.82) is 0 Å². The van der Waals surface area contributed by atoms with Crippen LogP contribution in [0.15, 0.2) is 22.8 Å². The Morgan fingerprint density at radius 2 is 2.28 bits per heavy atom. The van der Waals surface area contributed by atoms with E-state index in [1.54, 1.807) is 11.6 Å². The van der Waals surface area contributed by atoms with E-state index in [1.165, 1.54) is 17.5 Å². The number of hydrogen-bond acceptors (Lipinski definition) is 4. The Kier molecular flexibility index (Phi) is 3.98. The number of nitrogens with one attached hydrogen (secondary N) is 1. The lowest BCUT2D eigenvalue weighted by atomic mass is 9.82. The average Bonchev–Trinajstić information content (AvgIpc) is 2.81. The molecular weight excluding hydrogens is 276 g/mol. The molecule has 1 aliphatic carbocycles. The Hall–Kier alpha value is -1.40. The fourth-order valence-electron chi connectivity index (χ4n) is 1.89. The number of allylic oxidation sites excluding steroid dienone is 2. The first kappa shape index (κ1) is 13.0. The zero-order valence-corrected chi connectivity index (χ0v) is 10.9. The number of anilines is 1. The van der Waals surface area contributed by atoms with Crippen molar-refractivity contribution in [2.24, 2.45) is 11.8 Å². The highest BCUT2D eigenvalue weighted by Gasteiger charge is 2.36. The van der Waals surface area contributed by atoms with E-state index in [-0.39, 0.29) is 18.7 Å². The molecule has 0 bridgehead atoms. The van der Waals surface area contributed by atoms with Crippen LogP contribution in [0.25, 0.3) is 0 Å². The molecule has 18 heavy (non-hydrogen) atoms. The summed E-state index contributed by atoms with van der Waals surface area (Å²) in [6.45, 7) is 0. The summed E-state index contributed by atoms with van der Waals surface area (Å²) >= 11 is 7.17. The molecule has 0 radical (unpaired) electrons. The standard InChI is InChI=1S/C11H11ClN2O3S/c12-6-1-2-7(11(16)17)8(3-6)10(15)14-9-4-13-5-18-9/h1,4-5,7-8H,2-3H2,(H,14,15)(H,16,17). The van der Waals surface area contributed by atoms with E-state index in [4.69, 9.17) is 16.7 Å². The van der Waals surface area contributed by atoms with Gasteiger partial charge >= 0.3 is 5.97 Å². The Morgan fingerprint density at radius 1 is 1.50 bits per heavy atom. The number of rotatable bonds is 3. The van der Waals surface area contributed by atoms with Crippen molar-refractivity contribution in [3.05, 3.63) is 22.8 Å². The minimum absolute atomic E-state index is 0.267. The van der Waals surface area contributed by atoms with Crippen molar-refractivity contribution >= 4 is 39.8 Å². The molecule has 2 unspecified atom stereocenters. The van der Waals surface area contributed by atoms with Crippen LogP contribution in [0.5, 0.6) is 0 Å². The topological polar surface area (TPSA) is 79.3 Å². The van der Waals surface area contributed by atoms with Gasteiger partial charge in [-0.2, -0.15) is 0 Å². The average molecular weight is 287 g/mol. The molecule has 1 aromatic heterocycles. The fraction of sp³-hybridized carbons (Fsp3) is 0.364. The molecule has 0 spiro atoms. The number of amides is 1. The summed E-state index contributed by atoms with van der Waals surface area (Å²) in [6, 6.07) is 0. The second kappa shape index (κ2) is 5.49. The second-order valence-corrected chi connectivity index (χ2v) is 5.37. The lowest BCUT2D eigenvalue weighted by Gasteiger charge is -2.25. The van der Waals surface area contributed by atoms with Gasteiger partial charge in [0.2, 0.25) is 5.91 Å². The maximum Gasteiger partial charge on any atom is 0.307 e. The van der Waals surface area contributed by atoms with Gasteiger partial charge in [-0.05, 0) is 12.8 Å². The lowest BCUT2D eigenvalue weighted by molar-refractivity contribution is -0.146. The normalized spacial score (nSPS) is 23.3. The summed E-state index contributed by atoms with van der Waals surface area (Å²) in [5.41, 5.74) is 1.60. The quantitative estimate of drug-likeness (QED) is 0.894. The van der Waals surface area contributed by atoms with Gasteiger partial charge in [0, 0.05) is 5.03 Å². The number of carbonyl (C=O) groups is 2. The lowest BCUT2D eigenvalue weighted by Crippen LogP contribution is -2.35.